The maximum absolute atomic E-state index is 13.8. The first kappa shape index (κ1) is 39.2. The molecule has 4 heterocycles. The maximum Gasteiger partial charge on any atom is 0.408 e. The molecule has 0 bridgehead atoms. The highest BCUT2D eigenvalue weighted by Gasteiger charge is 2.55. The van der Waals surface area contributed by atoms with Crippen LogP contribution in [-0.4, -0.2) is 141 Å². The van der Waals surface area contributed by atoms with Crippen molar-refractivity contribution in [2.45, 2.75) is 121 Å². The largest absolute Gasteiger partial charge is 0.450 e. The molecule has 12 atom stereocenters. The fraction of sp³-hybridized carbons (Fsp3) is 0.909. The highest BCUT2D eigenvalue weighted by Crippen LogP contribution is 2.38. The summed E-state index contributed by atoms with van der Waals surface area (Å²) >= 11 is 0.455. The molecule has 4 fully saturated rings. The molecule has 15 heteroatoms. The van der Waals surface area contributed by atoms with Crippen LogP contribution in [0.2, 0.25) is 0 Å². The number of fused-ring (bicyclic) bond motifs is 1. The van der Waals surface area contributed by atoms with E-state index in [-0.39, 0.29) is 24.1 Å². The molecule has 4 aliphatic rings. The second-order valence-electron chi connectivity index (χ2n) is 14.7. The van der Waals surface area contributed by atoms with E-state index >= 15 is 0 Å². The number of carbonyl (C=O) groups excluding carboxylic acids is 3. The Morgan fingerprint density at radius 3 is 2.44 bits per heavy atom. The summed E-state index contributed by atoms with van der Waals surface area (Å²) in [4.78, 5) is 41.5. The molecule has 0 aliphatic carbocycles. The van der Waals surface area contributed by atoms with E-state index in [0.29, 0.717) is 50.0 Å². The van der Waals surface area contributed by atoms with Crippen LogP contribution >= 0.6 is 11.8 Å². The van der Waals surface area contributed by atoms with Gasteiger partial charge in [-0.2, -0.15) is 0 Å². The lowest BCUT2D eigenvalue weighted by molar-refractivity contribution is -0.296. The molecule has 0 radical (unpaired) electrons. The minimum absolute atomic E-state index is 0.0203. The van der Waals surface area contributed by atoms with Crippen molar-refractivity contribution in [3.05, 3.63) is 0 Å². The third kappa shape index (κ3) is 9.02. The maximum atomic E-state index is 13.8. The average Bonchev–Trinajstić information content (AvgIpc) is 3.32. The van der Waals surface area contributed by atoms with Gasteiger partial charge in [0.2, 0.25) is 5.12 Å². The van der Waals surface area contributed by atoms with Gasteiger partial charge in [-0.25, -0.2) is 9.59 Å². The van der Waals surface area contributed by atoms with Crippen molar-refractivity contribution in [1.82, 2.24) is 20.9 Å². The molecule has 4 aliphatic heterocycles. The zero-order chi connectivity index (χ0) is 35.4. The number of carbonyl (C=O) groups is 3. The predicted molar refractivity (Wildman–Crippen MR) is 180 cm³/mol. The lowest BCUT2D eigenvalue weighted by Crippen LogP contribution is -2.60. The zero-order valence-corrected chi connectivity index (χ0v) is 30.8. The van der Waals surface area contributed by atoms with Crippen LogP contribution in [0.5, 0.6) is 0 Å². The van der Waals surface area contributed by atoms with Gasteiger partial charge in [-0.3, -0.25) is 4.79 Å². The highest BCUT2D eigenvalue weighted by atomic mass is 32.2. The molecular formula is C33H58N4O10S. The van der Waals surface area contributed by atoms with Crippen LogP contribution in [0.3, 0.4) is 0 Å². The van der Waals surface area contributed by atoms with E-state index in [9.17, 15) is 19.5 Å². The summed E-state index contributed by atoms with van der Waals surface area (Å²) in [6.07, 6.45) is -3.18. The summed E-state index contributed by atoms with van der Waals surface area (Å²) < 4.78 is 36.1. The monoisotopic (exact) mass is 702 g/mol. The van der Waals surface area contributed by atoms with E-state index < -0.39 is 64.3 Å². The fourth-order valence-electron chi connectivity index (χ4n) is 7.54. The third-order valence-corrected chi connectivity index (χ3v) is 11.4. The van der Waals surface area contributed by atoms with Crippen LogP contribution in [0, 0.1) is 17.8 Å². The van der Waals surface area contributed by atoms with Gasteiger partial charge < -0.3 is 54.4 Å². The molecule has 0 aromatic carbocycles. The number of cyclic esters (lactones) is 1. The van der Waals surface area contributed by atoms with Gasteiger partial charge in [0.15, 0.2) is 11.9 Å². The molecule has 4 N–H and O–H groups in total. The average molecular weight is 703 g/mol. The Hall–Kier alpha value is -1.56. The lowest BCUT2D eigenvalue weighted by atomic mass is 9.82. The molecule has 14 nitrogen and oxygen atoms in total. The predicted octanol–water partition coefficient (Wildman–Crippen LogP) is 2.11. The van der Waals surface area contributed by atoms with Gasteiger partial charge in [0.1, 0.15) is 12.2 Å². The molecule has 48 heavy (non-hydrogen) atoms. The fourth-order valence-corrected chi connectivity index (χ4v) is 8.18. The molecule has 4 rings (SSSR count). The van der Waals surface area contributed by atoms with Crippen molar-refractivity contribution in [3.63, 3.8) is 0 Å². The molecule has 0 aromatic rings. The minimum atomic E-state index is -1.16. The van der Waals surface area contributed by atoms with Crippen molar-refractivity contribution < 1.29 is 47.9 Å². The SMILES string of the molecule is CC[C@H]1OC(=O)SC(=O)[C@H](C)[C@@H](O[C@@H]2OC(CNCC3COC3)CC(N(C)C)C2O)[C@](C)(OC)C[C@@H](C)CN[C@H](C)[C@H]2NC(=O)O[C@@]21C. The topological polar surface area (TPSA) is 166 Å². The Bertz CT molecular complexity index is 1120. The van der Waals surface area contributed by atoms with Gasteiger partial charge in [-0.1, -0.05) is 20.8 Å². The standard InChI is InChI=1S/C33H58N4O10S/c1-10-24-33(6)26(36-30(40)47-33)20(4)35-13-18(2)12-32(5,42-9)27(19(3)28(39)48-31(41)45-24)46-29-25(38)23(37(7)8)11-22(44-29)15-34-14-21-16-43-17-21/h18-27,29,34-35,38H,10-17H2,1-9H3,(H,36,40)/t18-,19-,20-,22?,23?,24-,25?,26-,27-,29+,32-,33-/m1/s1. The second kappa shape index (κ2) is 16.6. The van der Waals surface area contributed by atoms with E-state index in [2.05, 4.69) is 22.9 Å². The van der Waals surface area contributed by atoms with Crippen LogP contribution in [0.15, 0.2) is 0 Å². The van der Waals surface area contributed by atoms with Crippen molar-refractivity contribution >= 4 is 28.3 Å². The van der Waals surface area contributed by atoms with Crippen LogP contribution in [0.1, 0.15) is 60.8 Å². The van der Waals surface area contributed by atoms with Gasteiger partial charge in [0.05, 0.1) is 43.0 Å². The van der Waals surface area contributed by atoms with Crippen LogP contribution in [-0.2, 0) is 33.2 Å². The van der Waals surface area contributed by atoms with Crippen LogP contribution in [0.25, 0.3) is 0 Å². The number of aliphatic hydroxyl groups is 1. The van der Waals surface area contributed by atoms with Gasteiger partial charge in [0, 0.05) is 50.0 Å². The number of aliphatic hydroxyl groups excluding tert-OH is 1. The Balaban J connectivity index is 1.60. The van der Waals surface area contributed by atoms with E-state index in [4.69, 9.17) is 28.4 Å². The summed E-state index contributed by atoms with van der Waals surface area (Å²) in [5, 5.41) is 20.1. The van der Waals surface area contributed by atoms with Gasteiger partial charge >= 0.3 is 11.4 Å². The first-order chi connectivity index (χ1) is 22.6. The lowest BCUT2D eigenvalue weighted by Gasteiger charge is -2.47. The van der Waals surface area contributed by atoms with Gasteiger partial charge in [-0.15, -0.1) is 0 Å². The number of rotatable bonds is 9. The molecule has 4 saturated heterocycles. The second-order valence-corrected chi connectivity index (χ2v) is 15.6. The summed E-state index contributed by atoms with van der Waals surface area (Å²) in [7, 11) is 5.40. The van der Waals surface area contributed by atoms with E-state index in [0.717, 1.165) is 19.8 Å². The smallest absolute Gasteiger partial charge is 0.408 e. The number of nitrogens with zero attached hydrogens (tertiary/aromatic N) is 1. The van der Waals surface area contributed by atoms with Crippen LogP contribution in [0.4, 0.5) is 9.59 Å². The van der Waals surface area contributed by atoms with Crippen molar-refractivity contribution in [3.8, 4) is 0 Å². The Labute approximate surface area is 289 Å². The molecule has 1 amide bonds. The van der Waals surface area contributed by atoms with Gasteiger partial charge in [0.25, 0.3) is 0 Å². The summed E-state index contributed by atoms with van der Waals surface area (Å²) in [5.74, 6) is -0.368. The molecular weight excluding hydrogens is 644 g/mol. The highest BCUT2D eigenvalue weighted by molar-refractivity contribution is 8.25. The number of methoxy groups -OCH3 is 1. The molecule has 0 spiro atoms. The van der Waals surface area contributed by atoms with Crippen molar-refractivity contribution in [2.75, 3.05) is 54.1 Å². The molecule has 0 aromatic heterocycles. The summed E-state index contributed by atoms with van der Waals surface area (Å²) in [6.45, 7) is 14.6. The molecule has 276 valence electrons. The number of hydrogen-bond acceptors (Lipinski definition) is 14. The van der Waals surface area contributed by atoms with Gasteiger partial charge in [-0.05, 0) is 66.6 Å². The Kier molecular flexibility index (Phi) is 13.6. The number of likely N-dealkylation sites (N-methyl/N-ethyl adjacent to an activating group) is 1. The number of alkyl carbamates (subject to hydrolysis) is 1. The number of amides is 1. The Morgan fingerprint density at radius 2 is 1.83 bits per heavy atom. The number of hydrogen-bond donors (Lipinski definition) is 4. The quantitative estimate of drug-likeness (QED) is 0.258. The van der Waals surface area contributed by atoms with Crippen molar-refractivity contribution in [2.24, 2.45) is 17.8 Å². The zero-order valence-electron chi connectivity index (χ0n) is 30.0. The normalized spacial score (nSPS) is 42.2. The number of thioether (sulfide) groups is 1. The Morgan fingerprint density at radius 1 is 1.12 bits per heavy atom. The van der Waals surface area contributed by atoms with Crippen LogP contribution < -0.4 is 16.0 Å². The van der Waals surface area contributed by atoms with E-state index in [1.165, 1.54) is 0 Å². The third-order valence-electron chi connectivity index (χ3n) is 10.5. The number of nitrogens with one attached hydrogen (secondary N) is 3. The summed E-state index contributed by atoms with van der Waals surface area (Å²) in [6, 6.07) is -0.997. The van der Waals surface area contributed by atoms with E-state index in [1.807, 2.05) is 39.8 Å². The molecule has 0 saturated carbocycles. The first-order valence-corrected chi connectivity index (χ1v) is 18.1. The summed E-state index contributed by atoms with van der Waals surface area (Å²) in [5.41, 5.74) is -2.19. The van der Waals surface area contributed by atoms with E-state index in [1.54, 1.807) is 21.0 Å². The van der Waals surface area contributed by atoms with Crippen molar-refractivity contribution in [1.29, 1.82) is 0 Å². The molecule has 3 unspecified atom stereocenters. The first-order valence-electron chi connectivity index (χ1n) is 17.3. The minimum Gasteiger partial charge on any atom is -0.450 e. The number of ether oxygens (including phenoxy) is 6.